The maximum Gasteiger partial charge on any atom is 0.335 e. The Morgan fingerprint density at radius 2 is 1.91 bits per heavy atom. The molecule has 1 atom stereocenters. The van der Waals surface area contributed by atoms with Crippen molar-refractivity contribution in [3.8, 4) is 6.07 Å². The molecule has 4 nitrogen and oxygen atoms in total. The van der Waals surface area contributed by atoms with Crippen LogP contribution in [0.4, 0.5) is 5.69 Å². The second kappa shape index (κ2) is 6.77. The second-order valence-corrected chi connectivity index (χ2v) is 5.38. The van der Waals surface area contributed by atoms with Gasteiger partial charge in [-0.1, -0.05) is 24.3 Å². The van der Waals surface area contributed by atoms with Crippen molar-refractivity contribution in [2.75, 3.05) is 19.0 Å². The Labute approximate surface area is 130 Å². The van der Waals surface area contributed by atoms with Gasteiger partial charge in [-0.3, -0.25) is 0 Å². The standard InChI is InChI=1S/C18H18N2O2/c1-20(2)17-5-3-4-13(11-17)10-16(12-19)14-6-8-15(9-7-14)18(21)22/h3-9,11,16H,10H2,1-2H3,(H,21,22). The molecule has 0 aliphatic carbocycles. The summed E-state index contributed by atoms with van der Waals surface area (Å²) in [7, 11) is 3.96. The van der Waals surface area contributed by atoms with Gasteiger partial charge in [0.15, 0.2) is 0 Å². The molecule has 0 aromatic heterocycles. The van der Waals surface area contributed by atoms with Crippen LogP contribution in [0.1, 0.15) is 27.4 Å². The zero-order valence-corrected chi connectivity index (χ0v) is 12.7. The second-order valence-electron chi connectivity index (χ2n) is 5.38. The topological polar surface area (TPSA) is 64.3 Å². The van der Waals surface area contributed by atoms with Crippen molar-refractivity contribution < 1.29 is 9.90 Å². The lowest BCUT2D eigenvalue weighted by Gasteiger charge is -2.15. The average Bonchev–Trinajstić information content (AvgIpc) is 2.53. The monoisotopic (exact) mass is 294 g/mol. The molecular formula is C18H18N2O2. The summed E-state index contributed by atoms with van der Waals surface area (Å²) < 4.78 is 0. The van der Waals surface area contributed by atoms with Crippen molar-refractivity contribution in [2.45, 2.75) is 12.3 Å². The molecule has 1 N–H and O–H groups in total. The zero-order valence-electron chi connectivity index (χ0n) is 12.7. The first-order valence-corrected chi connectivity index (χ1v) is 7.00. The van der Waals surface area contributed by atoms with Crippen molar-refractivity contribution in [3.63, 3.8) is 0 Å². The number of carbonyl (C=O) groups is 1. The molecule has 2 aromatic rings. The molecule has 0 radical (unpaired) electrons. The number of carboxylic acid groups (broad SMARTS) is 1. The fraction of sp³-hybridized carbons (Fsp3) is 0.222. The molecule has 0 saturated heterocycles. The summed E-state index contributed by atoms with van der Waals surface area (Å²) in [6.45, 7) is 0. The molecule has 4 heteroatoms. The van der Waals surface area contributed by atoms with Crippen molar-refractivity contribution in [1.29, 1.82) is 5.26 Å². The Kier molecular flexibility index (Phi) is 4.80. The number of benzene rings is 2. The van der Waals surface area contributed by atoms with E-state index in [-0.39, 0.29) is 11.5 Å². The van der Waals surface area contributed by atoms with Crippen LogP contribution in [0.2, 0.25) is 0 Å². The smallest absolute Gasteiger partial charge is 0.335 e. The quantitative estimate of drug-likeness (QED) is 0.919. The molecule has 22 heavy (non-hydrogen) atoms. The van der Waals surface area contributed by atoms with Gasteiger partial charge in [-0.15, -0.1) is 0 Å². The molecule has 0 amide bonds. The Hall–Kier alpha value is -2.80. The van der Waals surface area contributed by atoms with Crippen molar-refractivity contribution in [2.24, 2.45) is 0 Å². The van der Waals surface area contributed by atoms with E-state index in [1.165, 1.54) is 12.1 Å². The van der Waals surface area contributed by atoms with E-state index in [9.17, 15) is 10.1 Å². The molecule has 1 unspecified atom stereocenters. The maximum atomic E-state index is 10.9. The summed E-state index contributed by atoms with van der Waals surface area (Å²) in [5.41, 5.74) is 3.24. The Morgan fingerprint density at radius 3 is 2.45 bits per heavy atom. The summed E-state index contributed by atoms with van der Waals surface area (Å²) >= 11 is 0. The molecule has 0 spiro atoms. The van der Waals surface area contributed by atoms with Gasteiger partial charge in [-0.25, -0.2) is 4.79 Å². The van der Waals surface area contributed by atoms with Gasteiger partial charge in [0, 0.05) is 19.8 Å². The number of nitriles is 1. The lowest BCUT2D eigenvalue weighted by molar-refractivity contribution is 0.0697. The van der Waals surface area contributed by atoms with Crippen LogP contribution in [0.25, 0.3) is 0 Å². The summed E-state index contributed by atoms with van der Waals surface area (Å²) in [6.07, 6.45) is 0.602. The minimum absolute atomic E-state index is 0.232. The van der Waals surface area contributed by atoms with Gasteiger partial charge in [0.25, 0.3) is 0 Å². The van der Waals surface area contributed by atoms with Crippen LogP contribution in [0.15, 0.2) is 48.5 Å². The van der Waals surface area contributed by atoms with Crippen LogP contribution in [0.5, 0.6) is 0 Å². The Balaban J connectivity index is 2.20. The minimum Gasteiger partial charge on any atom is -0.478 e. The van der Waals surface area contributed by atoms with Gasteiger partial charge in [0.1, 0.15) is 0 Å². The Morgan fingerprint density at radius 1 is 1.23 bits per heavy atom. The van der Waals surface area contributed by atoms with Crippen molar-refractivity contribution in [3.05, 3.63) is 65.2 Å². The van der Waals surface area contributed by atoms with Crippen LogP contribution in [0, 0.1) is 11.3 Å². The molecule has 0 aliphatic heterocycles. The van der Waals surface area contributed by atoms with Gasteiger partial charge < -0.3 is 10.0 Å². The van der Waals surface area contributed by atoms with E-state index in [0.29, 0.717) is 6.42 Å². The van der Waals surface area contributed by atoms with Gasteiger partial charge in [-0.2, -0.15) is 5.26 Å². The van der Waals surface area contributed by atoms with E-state index >= 15 is 0 Å². The van der Waals surface area contributed by atoms with E-state index < -0.39 is 5.97 Å². The van der Waals surface area contributed by atoms with Crippen LogP contribution >= 0.6 is 0 Å². The van der Waals surface area contributed by atoms with Gasteiger partial charge in [0.05, 0.1) is 17.6 Å². The number of rotatable bonds is 5. The summed E-state index contributed by atoms with van der Waals surface area (Å²) in [6, 6.07) is 16.9. The first-order chi connectivity index (χ1) is 10.5. The van der Waals surface area contributed by atoms with E-state index in [1.54, 1.807) is 12.1 Å². The number of aromatic carboxylic acids is 1. The summed E-state index contributed by atoms with van der Waals surface area (Å²) in [5.74, 6) is -1.25. The third kappa shape index (κ3) is 3.64. The number of anilines is 1. The van der Waals surface area contributed by atoms with Crippen LogP contribution in [0.3, 0.4) is 0 Å². The number of carboxylic acids is 1. The highest BCUT2D eigenvalue weighted by atomic mass is 16.4. The normalized spacial score (nSPS) is 11.5. The number of hydrogen-bond donors (Lipinski definition) is 1. The number of nitrogens with zero attached hydrogens (tertiary/aromatic N) is 2. The molecule has 0 fully saturated rings. The van der Waals surface area contributed by atoms with E-state index in [0.717, 1.165) is 16.8 Å². The molecule has 0 saturated carbocycles. The summed E-state index contributed by atoms with van der Waals surface area (Å²) in [4.78, 5) is 12.9. The number of hydrogen-bond acceptors (Lipinski definition) is 3. The summed E-state index contributed by atoms with van der Waals surface area (Å²) in [5, 5.41) is 18.3. The predicted octanol–water partition coefficient (Wildman–Crippen LogP) is 3.30. The molecule has 0 bridgehead atoms. The third-order valence-corrected chi connectivity index (χ3v) is 3.58. The zero-order chi connectivity index (χ0) is 16.1. The van der Waals surface area contributed by atoms with Gasteiger partial charge in [0.2, 0.25) is 0 Å². The average molecular weight is 294 g/mol. The van der Waals surface area contributed by atoms with E-state index in [2.05, 4.69) is 12.1 Å². The predicted molar refractivity (Wildman–Crippen MR) is 86.2 cm³/mol. The van der Waals surface area contributed by atoms with Crippen LogP contribution in [-0.2, 0) is 6.42 Å². The maximum absolute atomic E-state index is 10.9. The largest absolute Gasteiger partial charge is 0.478 e. The van der Waals surface area contributed by atoms with E-state index in [1.807, 2.05) is 37.2 Å². The first kappa shape index (κ1) is 15.6. The van der Waals surface area contributed by atoms with Crippen molar-refractivity contribution >= 4 is 11.7 Å². The van der Waals surface area contributed by atoms with E-state index in [4.69, 9.17) is 5.11 Å². The van der Waals surface area contributed by atoms with Crippen LogP contribution < -0.4 is 4.90 Å². The molecule has 2 aromatic carbocycles. The van der Waals surface area contributed by atoms with Crippen LogP contribution in [-0.4, -0.2) is 25.2 Å². The highest BCUT2D eigenvalue weighted by Gasteiger charge is 2.13. The van der Waals surface area contributed by atoms with Gasteiger partial charge in [-0.05, 0) is 41.8 Å². The SMILES string of the molecule is CN(C)c1cccc(CC(C#N)c2ccc(C(=O)O)cc2)c1. The molecule has 2 rings (SSSR count). The fourth-order valence-corrected chi connectivity index (χ4v) is 2.29. The van der Waals surface area contributed by atoms with Gasteiger partial charge >= 0.3 is 5.97 Å². The lowest BCUT2D eigenvalue weighted by atomic mass is 9.92. The molecule has 0 aliphatic rings. The fourth-order valence-electron chi connectivity index (χ4n) is 2.29. The Bertz CT molecular complexity index is 700. The minimum atomic E-state index is -0.959. The molecule has 112 valence electrons. The third-order valence-electron chi connectivity index (χ3n) is 3.58. The molecule has 0 heterocycles. The highest BCUT2D eigenvalue weighted by molar-refractivity contribution is 5.87. The molecular weight excluding hydrogens is 276 g/mol. The lowest BCUT2D eigenvalue weighted by Crippen LogP contribution is -2.09. The first-order valence-electron chi connectivity index (χ1n) is 7.00. The highest BCUT2D eigenvalue weighted by Crippen LogP contribution is 2.23. The van der Waals surface area contributed by atoms with Crippen molar-refractivity contribution in [1.82, 2.24) is 0 Å².